The van der Waals surface area contributed by atoms with Crippen LogP contribution in [0.2, 0.25) is 0 Å². The number of hydrogen-bond acceptors (Lipinski definition) is 3. The lowest BCUT2D eigenvalue weighted by atomic mass is 10.2. The quantitative estimate of drug-likeness (QED) is 0.848. The topological polar surface area (TPSA) is 29.3 Å². The summed E-state index contributed by atoms with van der Waals surface area (Å²) in [4.78, 5) is 3.76. The highest BCUT2D eigenvalue weighted by Crippen LogP contribution is 2.21. The van der Waals surface area contributed by atoms with Gasteiger partial charge in [0.05, 0.1) is 0 Å². The zero-order chi connectivity index (χ0) is 13.0. The molecule has 0 atom stereocenters. The van der Waals surface area contributed by atoms with E-state index in [1.54, 1.807) is 0 Å². The van der Waals surface area contributed by atoms with Crippen molar-refractivity contribution in [3.63, 3.8) is 0 Å². The molecule has 1 aromatic carbocycles. The molecule has 2 nitrogen and oxygen atoms in total. The van der Waals surface area contributed by atoms with E-state index in [2.05, 4.69) is 51.5 Å². The Hall–Kier alpha value is -0.840. The van der Waals surface area contributed by atoms with Gasteiger partial charge in [0.15, 0.2) is 0 Å². The predicted octanol–water partition coefficient (Wildman–Crippen LogP) is 3.77. The number of hydrogen-bond donors (Lipinski definition) is 1. The lowest BCUT2D eigenvalue weighted by Crippen LogP contribution is -2.20. The minimum absolute atomic E-state index is 0.805. The maximum absolute atomic E-state index is 5.88. The van der Waals surface area contributed by atoms with Crippen LogP contribution in [0.1, 0.15) is 10.4 Å². The van der Waals surface area contributed by atoms with E-state index in [0.717, 1.165) is 29.7 Å². The number of anilines is 1. The predicted molar refractivity (Wildman–Crippen MR) is 82.9 cm³/mol. The van der Waals surface area contributed by atoms with Crippen LogP contribution in [-0.2, 0) is 13.0 Å². The summed E-state index contributed by atoms with van der Waals surface area (Å²) in [6.07, 6.45) is 1.11. The smallest absolute Gasteiger partial charge is 0.0461 e. The van der Waals surface area contributed by atoms with Gasteiger partial charge in [0.25, 0.3) is 0 Å². The molecule has 0 unspecified atom stereocenters. The number of nitrogens with two attached hydrogens (primary N) is 1. The molecule has 0 aliphatic heterocycles. The zero-order valence-corrected chi connectivity index (χ0v) is 12.8. The molecule has 0 bridgehead atoms. The first-order chi connectivity index (χ1) is 8.65. The molecule has 0 saturated carbocycles. The Morgan fingerprint density at radius 3 is 2.83 bits per heavy atom. The summed E-state index contributed by atoms with van der Waals surface area (Å²) in [6, 6.07) is 10.5. The van der Waals surface area contributed by atoms with Crippen LogP contribution in [0.3, 0.4) is 0 Å². The van der Waals surface area contributed by atoms with Crippen LogP contribution in [0.25, 0.3) is 0 Å². The number of halogens is 1. The average molecular weight is 325 g/mol. The average Bonchev–Trinajstić information content (AvgIpc) is 2.84. The summed E-state index contributed by atoms with van der Waals surface area (Å²) in [6.45, 7) is 2.00. The van der Waals surface area contributed by atoms with Crippen molar-refractivity contribution in [2.75, 3.05) is 19.3 Å². The third kappa shape index (κ3) is 3.83. The van der Waals surface area contributed by atoms with Gasteiger partial charge in [-0.25, -0.2) is 0 Å². The van der Waals surface area contributed by atoms with Crippen molar-refractivity contribution in [2.45, 2.75) is 13.0 Å². The first-order valence-electron chi connectivity index (χ1n) is 5.90. The van der Waals surface area contributed by atoms with Crippen molar-refractivity contribution in [3.8, 4) is 0 Å². The first kappa shape index (κ1) is 13.6. The summed E-state index contributed by atoms with van der Waals surface area (Å²) in [5, 5.41) is 2.13. The van der Waals surface area contributed by atoms with Crippen LogP contribution >= 0.6 is 27.3 Å². The third-order valence-electron chi connectivity index (χ3n) is 2.83. The largest absolute Gasteiger partial charge is 0.398 e. The summed E-state index contributed by atoms with van der Waals surface area (Å²) < 4.78 is 0.965. The van der Waals surface area contributed by atoms with Crippen LogP contribution in [0.5, 0.6) is 0 Å². The van der Waals surface area contributed by atoms with E-state index in [9.17, 15) is 0 Å². The summed E-state index contributed by atoms with van der Waals surface area (Å²) in [7, 11) is 2.14. The van der Waals surface area contributed by atoms with E-state index < -0.39 is 0 Å². The van der Waals surface area contributed by atoms with Crippen molar-refractivity contribution in [1.29, 1.82) is 0 Å². The molecule has 0 aliphatic carbocycles. The molecule has 4 heteroatoms. The minimum Gasteiger partial charge on any atom is -0.398 e. The number of rotatable bonds is 5. The second kappa shape index (κ2) is 6.36. The fraction of sp³-hybridized carbons (Fsp3) is 0.286. The number of likely N-dealkylation sites (N-methyl/N-ethyl adjacent to an activating group) is 1. The van der Waals surface area contributed by atoms with E-state index in [0.29, 0.717) is 0 Å². The van der Waals surface area contributed by atoms with Gasteiger partial charge in [-0.1, -0.05) is 12.1 Å². The van der Waals surface area contributed by atoms with E-state index >= 15 is 0 Å². The van der Waals surface area contributed by atoms with Crippen molar-refractivity contribution in [3.05, 3.63) is 50.6 Å². The normalized spacial score (nSPS) is 11.1. The number of nitrogens with zero attached hydrogens (tertiary/aromatic N) is 1. The molecule has 0 radical (unpaired) electrons. The van der Waals surface area contributed by atoms with Crippen LogP contribution in [-0.4, -0.2) is 18.5 Å². The second-order valence-electron chi connectivity index (χ2n) is 4.42. The van der Waals surface area contributed by atoms with Crippen molar-refractivity contribution >= 4 is 33.0 Å². The van der Waals surface area contributed by atoms with Gasteiger partial charge in [-0.05, 0) is 58.5 Å². The number of thiophene rings is 1. The molecular formula is C14H17BrN2S. The van der Waals surface area contributed by atoms with Crippen molar-refractivity contribution in [1.82, 2.24) is 4.90 Å². The van der Waals surface area contributed by atoms with Crippen LogP contribution in [0.4, 0.5) is 5.69 Å². The van der Waals surface area contributed by atoms with Crippen molar-refractivity contribution < 1.29 is 0 Å². The Morgan fingerprint density at radius 2 is 2.17 bits per heavy atom. The molecule has 0 aliphatic rings. The molecule has 2 rings (SSSR count). The van der Waals surface area contributed by atoms with Gasteiger partial charge < -0.3 is 10.6 Å². The monoisotopic (exact) mass is 324 g/mol. The van der Waals surface area contributed by atoms with Gasteiger partial charge >= 0.3 is 0 Å². The van der Waals surface area contributed by atoms with Gasteiger partial charge in [-0.3, -0.25) is 0 Å². The van der Waals surface area contributed by atoms with Crippen molar-refractivity contribution in [2.24, 2.45) is 0 Å². The second-order valence-corrected chi connectivity index (χ2v) is 6.31. The van der Waals surface area contributed by atoms with E-state index in [4.69, 9.17) is 5.73 Å². The Labute approximate surface area is 121 Å². The molecule has 18 heavy (non-hydrogen) atoms. The molecule has 1 heterocycles. The standard InChI is InChI=1S/C14H17BrN2S/c1-17(7-6-12-3-2-8-18-12)10-11-4-5-13(15)14(16)9-11/h2-5,8-9H,6-7,10,16H2,1H3. The highest BCUT2D eigenvalue weighted by Gasteiger charge is 2.03. The number of nitrogen functional groups attached to an aromatic ring is 1. The van der Waals surface area contributed by atoms with Crippen LogP contribution in [0.15, 0.2) is 40.2 Å². The van der Waals surface area contributed by atoms with Gasteiger partial charge in [-0.15, -0.1) is 11.3 Å². The first-order valence-corrected chi connectivity index (χ1v) is 7.57. The molecule has 96 valence electrons. The van der Waals surface area contributed by atoms with Gasteiger partial charge in [-0.2, -0.15) is 0 Å². The van der Waals surface area contributed by atoms with Gasteiger partial charge in [0.2, 0.25) is 0 Å². The third-order valence-corrected chi connectivity index (χ3v) is 4.49. The molecule has 1 aromatic heterocycles. The maximum atomic E-state index is 5.88. The zero-order valence-electron chi connectivity index (χ0n) is 10.4. The molecule has 0 amide bonds. The molecule has 2 aromatic rings. The Bertz CT molecular complexity index is 497. The fourth-order valence-electron chi connectivity index (χ4n) is 1.84. The molecule has 0 spiro atoms. The van der Waals surface area contributed by atoms with Gasteiger partial charge in [0, 0.05) is 28.1 Å². The molecule has 0 fully saturated rings. The molecule has 0 saturated heterocycles. The fourth-order valence-corrected chi connectivity index (χ4v) is 2.78. The lowest BCUT2D eigenvalue weighted by molar-refractivity contribution is 0.332. The minimum atomic E-state index is 0.805. The van der Waals surface area contributed by atoms with E-state index in [-0.39, 0.29) is 0 Å². The van der Waals surface area contributed by atoms with E-state index in [1.165, 1.54) is 10.4 Å². The molecule has 2 N–H and O–H groups in total. The summed E-state index contributed by atoms with van der Waals surface area (Å²) >= 11 is 5.24. The lowest BCUT2D eigenvalue weighted by Gasteiger charge is -2.16. The highest BCUT2D eigenvalue weighted by molar-refractivity contribution is 9.10. The summed E-state index contributed by atoms with van der Waals surface area (Å²) in [5.41, 5.74) is 7.94. The molecular weight excluding hydrogens is 308 g/mol. The van der Waals surface area contributed by atoms with Crippen LogP contribution < -0.4 is 5.73 Å². The summed E-state index contributed by atoms with van der Waals surface area (Å²) in [5.74, 6) is 0. The van der Waals surface area contributed by atoms with E-state index in [1.807, 2.05) is 23.5 Å². The SMILES string of the molecule is CN(CCc1cccs1)Cc1ccc(Br)c(N)c1. The van der Waals surface area contributed by atoms with Crippen LogP contribution in [0, 0.1) is 0 Å². The number of benzene rings is 1. The maximum Gasteiger partial charge on any atom is 0.0461 e. The Kier molecular flexibility index (Phi) is 4.80. The Morgan fingerprint density at radius 1 is 1.33 bits per heavy atom. The Balaban J connectivity index is 1.86. The highest BCUT2D eigenvalue weighted by atomic mass is 79.9. The van der Waals surface area contributed by atoms with Gasteiger partial charge in [0.1, 0.15) is 0 Å².